The van der Waals surface area contributed by atoms with Crippen LogP contribution in [0.15, 0.2) is 36.4 Å². The van der Waals surface area contributed by atoms with Crippen molar-refractivity contribution in [3.05, 3.63) is 36.4 Å². The lowest BCUT2D eigenvalue weighted by molar-refractivity contribution is 0.412. The van der Waals surface area contributed by atoms with Gasteiger partial charge in [-0.3, -0.25) is 4.21 Å². The SMILES string of the molecule is CNc1nc(-c2cccc(N3CCS(=O)CC3)c2)ccc1N(N)CC(C)(C)C. The first-order chi connectivity index (χ1) is 13.3. The van der Waals surface area contributed by atoms with Crippen LogP contribution < -0.4 is 21.1 Å². The van der Waals surface area contributed by atoms with Gasteiger partial charge in [-0.1, -0.05) is 32.9 Å². The largest absolute Gasteiger partial charge is 0.371 e. The molecule has 7 heteroatoms. The second-order valence-electron chi connectivity index (χ2n) is 8.39. The monoisotopic (exact) mass is 401 g/mol. The smallest absolute Gasteiger partial charge is 0.151 e. The van der Waals surface area contributed by atoms with Gasteiger partial charge in [-0.15, -0.1) is 0 Å². The third-order valence-electron chi connectivity index (χ3n) is 4.75. The fourth-order valence-corrected chi connectivity index (χ4v) is 4.43. The maximum Gasteiger partial charge on any atom is 0.151 e. The van der Waals surface area contributed by atoms with E-state index in [2.05, 4.69) is 55.3 Å². The normalized spacial score (nSPS) is 15.5. The summed E-state index contributed by atoms with van der Waals surface area (Å²) in [6.07, 6.45) is 0. The summed E-state index contributed by atoms with van der Waals surface area (Å²) in [5.41, 5.74) is 4.09. The molecule has 0 spiro atoms. The molecule has 0 bridgehead atoms. The predicted octanol–water partition coefficient (Wildman–Crippen LogP) is 3.09. The summed E-state index contributed by atoms with van der Waals surface area (Å²) in [7, 11) is 1.19. The summed E-state index contributed by atoms with van der Waals surface area (Å²) in [6, 6.07) is 12.4. The molecule has 1 aromatic carbocycles. The van der Waals surface area contributed by atoms with Crippen LogP contribution in [0, 0.1) is 5.41 Å². The van der Waals surface area contributed by atoms with Crippen molar-refractivity contribution in [3.8, 4) is 11.3 Å². The van der Waals surface area contributed by atoms with Gasteiger partial charge in [0, 0.05) is 60.2 Å². The van der Waals surface area contributed by atoms with Crippen molar-refractivity contribution in [2.75, 3.05) is 53.4 Å². The molecular weight excluding hydrogens is 370 g/mol. The van der Waals surface area contributed by atoms with Crippen LogP contribution >= 0.6 is 0 Å². The number of hydrogen-bond acceptors (Lipinski definition) is 6. The van der Waals surface area contributed by atoms with Gasteiger partial charge in [0.1, 0.15) is 0 Å². The van der Waals surface area contributed by atoms with Gasteiger partial charge in [0.2, 0.25) is 0 Å². The minimum atomic E-state index is -0.674. The molecule has 2 heterocycles. The van der Waals surface area contributed by atoms with E-state index in [1.165, 1.54) is 0 Å². The van der Waals surface area contributed by atoms with Crippen molar-refractivity contribution < 1.29 is 4.21 Å². The van der Waals surface area contributed by atoms with E-state index in [1.807, 2.05) is 19.2 Å². The zero-order valence-electron chi connectivity index (χ0n) is 17.2. The summed E-state index contributed by atoms with van der Waals surface area (Å²) in [4.78, 5) is 7.11. The second kappa shape index (κ2) is 8.49. The summed E-state index contributed by atoms with van der Waals surface area (Å²) in [5, 5.41) is 4.94. The Hall–Kier alpha value is -2.12. The first kappa shape index (κ1) is 20.6. The molecular formula is C21H31N5OS. The van der Waals surface area contributed by atoms with E-state index >= 15 is 0 Å². The molecule has 6 nitrogen and oxygen atoms in total. The lowest BCUT2D eigenvalue weighted by Crippen LogP contribution is -2.38. The van der Waals surface area contributed by atoms with Crippen LogP contribution in [-0.4, -0.2) is 47.4 Å². The molecule has 0 radical (unpaired) electrons. The van der Waals surface area contributed by atoms with Gasteiger partial charge in [0.05, 0.1) is 11.4 Å². The number of nitrogens with one attached hydrogen (secondary N) is 1. The van der Waals surface area contributed by atoms with Gasteiger partial charge in [-0.2, -0.15) is 0 Å². The van der Waals surface area contributed by atoms with Gasteiger partial charge < -0.3 is 15.2 Å². The first-order valence-electron chi connectivity index (χ1n) is 9.68. The van der Waals surface area contributed by atoms with Crippen LogP contribution in [0.1, 0.15) is 20.8 Å². The number of pyridine rings is 1. The first-order valence-corrected chi connectivity index (χ1v) is 11.2. The average Bonchev–Trinajstić information content (AvgIpc) is 2.67. The molecule has 1 fully saturated rings. The quantitative estimate of drug-likeness (QED) is 0.592. The van der Waals surface area contributed by atoms with Crippen LogP contribution in [0.25, 0.3) is 11.3 Å². The topological polar surface area (TPSA) is 74.5 Å². The van der Waals surface area contributed by atoms with Crippen LogP contribution in [0.4, 0.5) is 17.2 Å². The molecule has 3 N–H and O–H groups in total. The van der Waals surface area contributed by atoms with E-state index < -0.39 is 10.8 Å². The number of benzene rings is 1. The van der Waals surface area contributed by atoms with Crippen LogP contribution in [0.5, 0.6) is 0 Å². The van der Waals surface area contributed by atoms with E-state index in [0.29, 0.717) is 0 Å². The predicted molar refractivity (Wildman–Crippen MR) is 120 cm³/mol. The number of hydrazine groups is 1. The van der Waals surface area contributed by atoms with Gasteiger partial charge >= 0.3 is 0 Å². The van der Waals surface area contributed by atoms with E-state index in [1.54, 1.807) is 5.01 Å². The Bertz CT molecular complexity index is 839. The number of nitrogens with zero attached hydrogens (tertiary/aromatic N) is 3. The molecule has 1 aliphatic heterocycles. The minimum Gasteiger partial charge on any atom is -0.371 e. The number of anilines is 3. The standard InChI is InChI=1S/C21H31N5OS/c1-21(2,3)15-26(22)19-9-8-18(24-20(19)23-4)16-6-5-7-17(14-16)25-10-12-28(27)13-11-25/h5-9,14H,10-13,15,22H2,1-4H3,(H,23,24). The molecule has 0 unspecified atom stereocenters. The summed E-state index contributed by atoms with van der Waals surface area (Å²) < 4.78 is 11.6. The summed E-state index contributed by atoms with van der Waals surface area (Å²) >= 11 is 0. The molecule has 152 valence electrons. The Balaban J connectivity index is 1.86. The molecule has 1 saturated heterocycles. The molecule has 3 rings (SSSR count). The number of rotatable bonds is 5. The maximum absolute atomic E-state index is 11.6. The van der Waals surface area contributed by atoms with Crippen LogP contribution in [-0.2, 0) is 10.8 Å². The van der Waals surface area contributed by atoms with Gasteiger partial charge in [0.25, 0.3) is 0 Å². The Morgan fingerprint density at radius 1 is 1.21 bits per heavy atom. The van der Waals surface area contributed by atoms with Crippen molar-refractivity contribution in [3.63, 3.8) is 0 Å². The second-order valence-corrected chi connectivity index (χ2v) is 10.1. The molecule has 0 aliphatic carbocycles. The van der Waals surface area contributed by atoms with Crippen LogP contribution in [0.3, 0.4) is 0 Å². The highest BCUT2D eigenvalue weighted by molar-refractivity contribution is 7.85. The van der Waals surface area contributed by atoms with E-state index in [0.717, 1.165) is 59.6 Å². The van der Waals surface area contributed by atoms with Crippen molar-refractivity contribution in [1.29, 1.82) is 0 Å². The number of hydrogen-bond donors (Lipinski definition) is 2. The number of aromatic nitrogens is 1. The fraction of sp³-hybridized carbons (Fsp3) is 0.476. The zero-order valence-corrected chi connectivity index (χ0v) is 18.1. The van der Waals surface area contributed by atoms with E-state index in [9.17, 15) is 4.21 Å². The Morgan fingerprint density at radius 2 is 1.93 bits per heavy atom. The van der Waals surface area contributed by atoms with E-state index in [-0.39, 0.29) is 5.41 Å². The van der Waals surface area contributed by atoms with Crippen LogP contribution in [0.2, 0.25) is 0 Å². The highest BCUT2D eigenvalue weighted by Gasteiger charge is 2.19. The maximum atomic E-state index is 11.6. The Labute approximate surface area is 170 Å². The third-order valence-corrected chi connectivity index (χ3v) is 6.03. The molecule has 0 saturated carbocycles. The molecule has 1 aromatic heterocycles. The fourth-order valence-electron chi connectivity index (χ4n) is 3.38. The van der Waals surface area contributed by atoms with E-state index in [4.69, 9.17) is 10.8 Å². The molecule has 2 aromatic rings. The highest BCUT2D eigenvalue weighted by atomic mass is 32.2. The Morgan fingerprint density at radius 3 is 2.57 bits per heavy atom. The van der Waals surface area contributed by atoms with Gasteiger partial charge in [-0.25, -0.2) is 10.8 Å². The molecule has 1 aliphatic rings. The number of nitrogens with two attached hydrogens (primary N) is 1. The molecule has 0 atom stereocenters. The molecule has 28 heavy (non-hydrogen) atoms. The lowest BCUT2D eigenvalue weighted by atomic mass is 9.96. The average molecular weight is 402 g/mol. The van der Waals surface area contributed by atoms with Crippen molar-refractivity contribution in [2.24, 2.45) is 11.3 Å². The molecule has 0 amide bonds. The van der Waals surface area contributed by atoms with Crippen molar-refractivity contribution in [2.45, 2.75) is 20.8 Å². The Kier molecular flexibility index (Phi) is 6.25. The van der Waals surface area contributed by atoms with Gasteiger partial charge in [0.15, 0.2) is 5.82 Å². The summed E-state index contributed by atoms with van der Waals surface area (Å²) in [6.45, 7) is 8.88. The highest BCUT2D eigenvalue weighted by Crippen LogP contribution is 2.30. The zero-order chi connectivity index (χ0) is 20.3. The lowest BCUT2D eigenvalue weighted by Gasteiger charge is -2.29. The minimum absolute atomic E-state index is 0.0882. The van der Waals surface area contributed by atoms with Crippen molar-refractivity contribution >= 4 is 28.0 Å². The van der Waals surface area contributed by atoms with Crippen molar-refractivity contribution in [1.82, 2.24) is 4.98 Å². The van der Waals surface area contributed by atoms with Gasteiger partial charge in [-0.05, 0) is 29.7 Å². The summed E-state index contributed by atoms with van der Waals surface area (Å²) in [5.74, 6) is 8.54. The third kappa shape index (κ3) is 5.02.